The molecule has 0 radical (unpaired) electrons. The van der Waals surface area contributed by atoms with Crippen LogP contribution in [0.2, 0.25) is 10.0 Å². The van der Waals surface area contributed by atoms with Crippen LogP contribution in [0.3, 0.4) is 0 Å². The summed E-state index contributed by atoms with van der Waals surface area (Å²) in [5, 5.41) is 1.03. The molecule has 1 aliphatic rings. The summed E-state index contributed by atoms with van der Waals surface area (Å²) >= 11 is 12.5. The van der Waals surface area contributed by atoms with Gasteiger partial charge in [-0.05, 0) is 18.9 Å². The Morgan fingerprint density at radius 1 is 1.24 bits per heavy atom. The van der Waals surface area contributed by atoms with Crippen LogP contribution in [0.1, 0.15) is 45.5 Å². The van der Waals surface area contributed by atoms with Crippen molar-refractivity contribution in [2.24, 2.45) is 0 Å². The zero-order valence-corrected chi connectivity index (χ0v) is 14.0. The van der Waals surface area contributed by atoms with Crippen LogP contribution in [-0.2, 0) is 5.41 Å². The van der Waals surface area contributed by atoms with E-state index in [0.29, 0.717) is 21.9 Å². The minimum Gasteiger partial charge on any atom is -0.383 e. The number of hydrogen-bond acceptors (Lipinski definition) is 2. The normalized spacial score (nSPS) is 15.5. The van der Waals surface area contributed by atoms with Crippen LogP contribution < -0.4 is 5.73 Å². The fourth-order valence-corrected chi connectivity index (χ4v) is 2.95. The molecule has 3 rings (SSSR count). The van der Waals surface area contributed by atoms with Crippen molar-refractivity contribution in [1.82, 2.24) is 9.55 Å². The molecular formula is C16H19Cl2N3. The fourth-order valence-electron chi connectivity index (χ4n) is 2.56. The number of anilines is 1. The van der Waals surface area contributed by atoms with E-state index in [0.717, 1.165) is 29.9 Å². The number of imidazole rings is 1. The first-order chi connectivity index (χ1) is 9.80. The molecule has 1 fully saturated rings. The van der Waals surface area contributed by atoms with E-state index >= 15 is 0 Å². The van der Waals surface area contributed by atoms with Gasteiger partial charge in [0, 0.05) is 17.0 Å². The van der Waals surface area contributed by atoms with E-state index in [1.54, 1.807) is 6.07 Å². The third kappa shape index (κ3) is 2.53. The van der Waals surface area contributed by atoms with Gasteiger partial charge in [-0.25, -0.2) is 4.98 Å². The lowest BCUT2D eigenvalue weighted by molar-refractivity contribution is 0.504. The standard InChI is InChI=1S/C16H19Cl2N3/c1-16(2,3)15-20-13(14(19)21(15)9-7-8-9)10-5-4-6-11(17)12(10)18/h4-6,9H,7-8,19H2,1-3H3. The summed E-state index contributed by atoms with van der Waals surface area (Å²) in [6.07, 6.45) is 2.32. The molecule has 0 bridgehead atoms. The van der Waals surface area contributed by atoms with E-state index in [9.17, 15) is 0 Å². The maximum atomic E-state index is 6.39. The molecule has 0 saturated heterocycles. The Bertz CT molecular complexity index is 694. The fraction of sp³-hybridized carbons (Fsp3) is 0.438. The molecule has 5 heteroatoms. The summed E-state index contributed by atoms with van der Waals surface area (Å²) in [6.45, 7) is 6.45. The Labute approximate surface area is 135 Å². The molecule has 21 heavy (non-hydrogen) atoms. The number of halogens is 2. The molecule has 1 aliphatic carbocycles. The summed E-state index contributed by atoms with van der Waals surface area (Å²) in [5.41, 5.74) is 7.86. The summed E-state index contributed by atoms with van der Waals surface area (Å²) in [4.78, 5) is 4.81. The van der Waals surface area contributed by atoms with Crippen LogP contribution in [0, 0.1) is 0 Å². The monoisotopic (exact) mass is 323 g/mol. The van der Waals surface area contributed by atoms with Gasteiger partial charge in [0.2, 0.25) is 0 Å². The third-order valence-corrected chi connectivity index (χ3v) is 4.56. The Hall–Kier alpha value is -1.19. The highest BCUT2D eigenvalue weighted by molar-refractivity contribution is 6.43. The van der Waals surface area contributed by atoms with Gasteiger partial charge in [0.05, 0.1) is 10.0 Å². The molecule has 0 spiro atoms. The van der Waals surface area contributed by atoms with E-state index in [2.05, 4.69) is 25.3 Å². The van der Waals surface area contributed by atoms with Crippen LogP contribution in [-0.4, -0.2) is 9.55 Å². The van der Waals surface area contributed by atoms with Crippen LogP contribution >= 0.6 is 23.2 Å². The highest BCUT2D eigenvalue weighted by atomic mass is 35.5. The molecule has 0 unspecified atom stereocenters. The van der Waals surface area contributed by atoms with E-state index in [-0.39, 0.29) is 5.41 Å². The number of rotatable bonds is 2. The molecule has 3 nitrogen and oxygen atoms in total. The highest BCUT2D eigenvalue weighted by Gasteiger charge is 2.34. The largest absolute Gasteiger partial charge is 0.383 e. The maximum absolute atomic E-state index is 6.39. The first kappa shape index (κ1) is 14.7. The minimum atomic E-state index is -0.0694. The predicted octanol–water partition coefficient (Wildman–Crippen LogP) is 5.07. The van der Waals surface area contributed by atoms with Crippen molar-refractivity contribution < 1.29 is 0 Å². The average molecular weight is 324 g/mol. The third-order valence-electron chi connectivity index (χ3n) is 3.74. The maximum Gasteiger partial charge on any atom is 0.132 e. The van der Waals surface area contributed by atoms with Gasteiger partial charge >= 0.3 is 0 Å². The molecular weight excluding hydrogens is 305 g/mol. The van der Waals surface area contributed by atoms with Crippen molar-refractivity contribution >= 4 is 29.0 Å². The van der Waals surface area contributed by atoms with Crippen molar-refractivity contribution in [2.45, 2.75) is 45.1 Å². The Morgan fingerprint density at radius 3 is 2.48 bits per heavy atom. The van der Waals surface area contributed by atoms with Crippen LogP contribution in [0.25, 0.3) is 11.3 Å². The molecule has 1 heterocycles. The van der Waals surface area contributed by atoms with Crippen molar-refractivity contribution in [2.75, 3.05) is 5.73 Å². The van der Waals surface area contributed by atoms with E-state index in [1.165, 1.54) is 0 Å². The SMILES string of the molecule is CC(C)(C)c1nc(-c2cccc(Cl)c2Cl)c(N)n1C1CC1. The van der Waals surface area contributed by atoms with E-state index in [4.69, 9.17) is 33.9 Å². The minimum absolute atomic E-state index is 0.0694. The molecule has 2 N–H and O–H groups in total. The number of benzene rings is 1. The van der Waals surface area contributed by atoms with Gasteiger partial charge in [-0.3, -0.25) is 0 Å². The second-order valence-corrected chi connectivity index (χ2v) is 7.41. The number of nitrogen functional groups attached to an aromatic ring is 1. The lowest BCUT2D eigenvalue weighted by atomic mass is 9.95. The summed E-state index contributed by atoms with van der Waals surface area (Å²) < 4.78 is 2.17. The lowest BCUT2D eigenvalue weighted by Crippen LogP contribution is -2.19. The highest BCUT2D eigenvalue weighted by Crippen LogP contribution is 2.45. The lowest BCUT2D eigenvalue weighted by Gasteiger charge is -2.20. The van der Waals surface area contributed by atoms with Gasteiger partial charge in [0.15, 0.2) is 0 Å². The first-order valence-corrected chi connectivity index (χ1v) is 7.89. The van der Waals surface area contributed by atoms with Gasteiger partial charge in [-0.1, -0.05) is 56.1 Å². The number of aromatic nitrogens is 2. The molecule has 2 aromatic rings. The molecule has 1 aromatic carbocycles. The summed E-state index contributed by atoms with van der Waals surface area (Å²) in [7, 11) is 0. The van der Waals surface area contributed by atoms with Gasteiger partial charge in [-0.2, -0.15) is 0 Å². The number of hydrogen-bond donors (Lipinski definition) is 1. The van der Waals surface area contributed by atoms with Gasteiger partial charge in [0.1, 0.15) is 17.3 Å². The zero-order chi connectivity index (χ0) is 15.4. The zero-order valence-electron chi connectivity index (χ0n) is 12.5. The van der Waals surface area contributed by atoms with Crippen molar-refractivity contribution in [3.05, 3.63) is 34.1 Å². The molecule has 0 atom stereocenters. The molecule has 112 valence electrons. The van der Waals surface area contributed by atoms with E-state index in [1.807, 2.05) is 12.1 Å². The quantitative estimate of drug-likeness (QED) is 0.838. The van der Waals surface area contributed by atoms with Gasteiger partial charge in [0.25, 0.3) is 0 Å². The predicted molar refractivity (Wildman–Crippen MR) is 89.1 cm³/mol. The summed E-state index contributed by atoms with van der Waals surface area (Å²) in [6, 6.07) is 6.02. The second kappa shape index (κ2) is 4.92. The topological polar surface area (TPSA) is 43.8 Å². The number of nitrogens with zero attached hydrogens (tertiary/aromatic N) is 2. The smallest absolute Gasteiger partial charge is 0.132 e. The number of nitrogens with two attached hydrogens (primary N) is 1. The van der Waals surface area contributed by atoms with Gasteiger partial charge < -0.3 is 10.3 Å². The summed E-state index contributed by atoms with van der Waals surface area (Å²) in [5.74, 6) is 1.69. The Morgan fingerprint density at radius 2 is 1.90 bits per heavy atom. The average Bonchev–Trinajstić information content (AvgIpc) is 3.16. The molecule has 0 aliphatic heterocycles. The first-order valence-electron chi connectivity index (χ1n) is 7.13. The van der Waals surface area contributed by atoms with Crippen molar-refractivity contribution in [1.29, 1.82) is 0 Å². The Kier molecular flexibility index (Phi) is 3.45. The van der Waals surface area contributed by atoms with Crippen molar-refractivity contribution in [3.8, 4) is 11.3 Å². The Balaban J connectivity index is 2.22. The van der Waals surface area contributed by atoms with E-state index < -0.39 is 0 Å². The van der Waals surface area contributed by atoms with Crippen molar-refractivity contribution in [3.63, 3.8) is 0 Å². The van der Waals surface area contributed by atoms with Crippen LogP contribution in [0.5, 0.6) is 0 Å². The van der Waals surface area contributed by atoms with Crippen LogP contribution in [0.4, 0.5) is 5.82 Å². The molecule has 1 saturated carbocycles. The molecule has 1 aromatic heterocycles. The second-order valence-electron chi connectivity index (χ2n) is 6.62. The molecule has 0 amide bonds. The van der Waals surface area contributed by atoms with Crippen LogP contribution in [0.15, 0.2) is 18.2 Å². The van der Waals surface area contributed by atoms with Gasteiger partial charge in [-0.15, -0.1) is 0 Å².